The molecule has 4 N–H and O–H groups in total. The number of carboxylic acids is 1. The van der Waals surface area contributed by atoms with E-state index in [1.165, 1.54) is 12.1 Å². The second kappa shape index (κ2) is 6.23. The van der Waals surface area contributed by atoms with Crippen LogP contribution in [0.2, 0.25) is 0 Å². The Morgan fingerprint density at radius 3 is 2.41 bits per heavy atom. The summed E-state index contributed by atoms with van der Waals surface area (Å²) < 4.78 is 0. The van der Waals surface area contributed by atoms with Crippen LogP contribution in [0.5, 0.6) is 0 Å². The maximum atomic E-state index is 13.0. The lowest BCUT2D eigenvalue weighted by Gasteiger charge is -2.58. The minimum absolute atomic E-state index is 0.0901. The van der Waals surface area contributed by atoms with E-state index in [4.69, 9.17) is 5.11 Å². The average Bonchev–Trinajstić information content (AvgIpc) is 2.56. The first kappa shape index (κ1) is 18.3. The Labute approximate surface area is 159 Å². The number of hydrogen-bond acceptors (Lipinski definition) is 4. The van der Waals surface area contributed by atoms with Gasteiger partial charge in [-0.25, -0.2) is 4.79 Å². The number of rotatable bonds is 5. The van der Waals surface area contributed by atoms with Crippen LogP contribution in [0.1, 0.15) is 56.3 Å². The first-order valence-electron chi connectivity index (χ1n) is 9.80. The maximum absolute atomic E-state index is 13.0. The van der Waals surface area contributed by atoms with E-state index in [2.05, 4.69) is 10.6 Å². The smallest absolute Gasteiger partial charge is 0.335 e. The molecule has 0 aliphatic heterocycles. The first-order chi connectivity index (χ1) is 12.7. The second-order valence-corrected chi connectivity index (χ2v) is 9.33. The van der Waals surface area contributed by atoms with E-state index >= 15 is 0 Å². The highest BCUT2D eigenvalue weighted by Gasteiger charge is 2.55. The third-order valence-electron chi connectivity index (χ3n) is 6.67. The van der Waals surface area contributed by atoms with Crippen LogP contribution in [0, 0.1) is 17.8 Å². The van der Waals surface area contributed by atoms with Gasteiger partial charge < -0.3 is 20.8 Å². The van der Waals surface area contributed by atoms with Crippen molar-refractivity contribution in [2.24, 2.45) is 17.8 Å². The monoisotopic (exact) mass is 372 g/mol. The molecule has 4 fully saturated rings. The standard InChI is InChI=1S/C21H28N2O4/c1-20(2,23-16-5-3-4-13(8-16)18(24)25)19(26)22-17-14-6-12-7-15(17)11-21(27,9-12)10-14/h3-5,8,12,14-15,17,23,27H,6-7,9-11H2,1-2H3,(H,22,26)(H,24,25)/t12?,14-,15+,17+,21+. The lowest BCUT2D eigenvalue weighted by Crippen LogP contribution is -2.63. The molecule has 4 saturated carbocycles. The van der Waals surface area contributed by atoms with Crippen LogP contribution in [-0.4, -0.2) is 39.3 Å². The van der Waals surface area contributed by atoms with Crippen molar-refractivity contribution in [2.45, 2.75) is 63.1 Å². The van der Waals surface area contributed by atoms with Crippen LogP contribution < -0.4 is 10.6 Å². The number of benzene rings is 1. The van der Waals surface area contributed by atoms with Gasteiger partial charge in [-0.2, -0.15) is 0 Å². The number of hydrogen-bond donors (Lipinski definition) is 4. The molecule has 0 spiro atoms. The van der Waals surface area contributed by atoms with Crippen molar-refractivity contribution in [1.82, 2.24) is 5.32 Å². The summed E-state index contributed by atoms with van der Waals surface area (Å²) in [4.78, 5) is 24.2. The molecule has 0 heterocycles. The zero-order valence-electron chi connectivity index (χ0n) is 15.9. The van der Waals surface area contributed by atoms with Gasteiger partial charge in [0.25, 0.3) is 0 Å². The molecule has 5 rings (SSSR count). The number of carbonyl (C=O) groups excluding carboxylic acids is 1. The fraction of sp³-hybridized carbons (Fsp3) is 0.619. The van der Waals surface area contributed by atoms with Gasteiger partial charge in [0, 0.05) is 11.7 Å². The minimum Gasteiger partial charge on any atom is -0.478 e. The van der Waals surface area contributed by atoms with Gasteiger partial charge in [-0.15, -0.1) is 0 Å². The molecule has 1 aromatic rings. The van der Waals surface area contributed by atoms with Crippen molar-refractivity contribution in [1.29, 1.82) is 0 Å². The maximum Gasteiger partial charge on any atom is 0.335 e. The molecular formula is C21H28N2O4. The summed E-state index contributed by atoms with van der Waals surface area (Å²) in [7, 11) is 0. The van der Waals surface area contributed by atoms with Crippen LogP contribution in [0.25, 0.3) is 0 Å². The molecule has 0 radical (unpaired) electrons. The SMILES string of the molecule is CC(C)(Nc1cccc(C(=O)O)c1)C(=O)N[C@H]1[C@@H]2CC3C[C@H]1C[C@](O)(C3)C2. The van der Waals surface area contributed by atoms with Crippen LogP contribution in [0.3, 0.4) is 0 Å². The van der Waals surface area contributed by atoms with E-state index in [1.54, 1.807) is 26.0 Å². The molecule has 6 nitrogen and oxygen atoms in total. The molecule has 4 bridgehead atoms. The van der Waals surface area contributed by atoms with E-state index in [0.717, 1.165) is 32.1 Å². The van der Waals surface area contributed by atoms with Crippen LogP contribution in [0.15, 0.2) is 24.3 Å². The molecule has 1 aromatic carbocycles. The zero-order chi connectivity index (χ0) is 19.4. The van der Waals surface area contributed by atoms with Gasteiger partial charge in [-0.3, -0.25) is 4.79 Å². The van der Waals surface area contributed by atoms with E-state index in [-0.39, 0.29) is 17.5 Å². The number of anilines is 1. The molecule has 1 unspecified atom stereocenters. The Morgan fingerprint density at radius 1 is 1.15 bits per heavy atom. The van der Waals surface area contributed by atoms with Gasteiger partial charge in [-0.05, 0) is 81.9 Å². The van der Waals surface area contributed by atoms with Crippen molar-refractivity contribution >= 4 is 17.6 Å². The molecule has 146 valence electrons. The molecule has 6 heteroatoms. The van der Waals surface area contributed by atoms with Gasteiger partial charge in [0.15, 0.2) is 0 Å². The van der Waals surface area contributed by atoms with Gasteiger partial charge in [-0.1, -0.05) is 6.07 Å². The lowest BCUT2D eigenvalue weighted by molar-refractivity contribution is -0.148. The normalized spacial score (nSPS) is 34.3. The van der Waals surface area contributed by atoms with Crippen molar-refractivity contribution in [2.75, 3.05) is 5.32 Å². The van der Waals surface area contributed by atoms with E-state index < -0.39 is 17.1 Å². The largest absolute Gasteiger partial charge is 0.478 e. The summed E-state index contributed by atoms with van der Waals surface area (Å²) in [6.07, 6.45) is 4.70. The number of aromatic carboxylic acids is 1. The molecule has 0 aromatic heterocycles. The fourth-order valence-corrected chi connectivity index (χ4v) is 5.70. The Bertz CT molecular complexity index is 759. The van der Waals surface area contributed by atoms with Crippen LogP contribution in [0.4, 0.5) is 5.69 Å². The van der Waals surface area contributed by atoms with Crippen molar-refractivity contribution in [3.05, 3.63) is 29.8 Å². The number of nitrogens with one attached hydrogen (secondary N) is 2. The predicted molar refractivity (Wildman–Crippen MR) is 102 cm³/mol. The molecule has 4 aliphatic rings. The summed E-state index contributed by atoms with van der Waals surface area (Å²) in [5.74, 6) is 0.235. The van der Waals surface area contributed by atoms with Gasteiger partial charge in [0.2, 0.25) is 5.91 Å². The Kier molecular flexibility index (Phi) is 4.22. The number of carboxylic acid groups (broad SMARTS) is 1. The van der Waals surface area contributed by atoms with E-state index in [1.807, 2.05) is 0 Å². The topological polar surface area (TPSA) is 98.7 Å². The Morgan fingerprint density at radius 2 is 1.81 bits per heavy atom. The summed E-state index contributed by atoms with van der Waals surface area (Å²) in [5.41, 5.74) is -0.592. The highest BCUT2D eigenvalue weighted by molar-refractivity contribution is 5.91. The quantitative estimate of drug-likeness (QED) is 0.637. The van der Waals surface area contributed by atoms with Gasteiger partial charge in [0.05, 0.1) is 11.2 Å². The molecule has 4 aliphatic carbocycles. The van der Waals surface area contributed by atoms with Crippen LogP contribution in [-0.2, 0) is 4.79 Å². The first-order valence-corrected chi connectivity index (χ1v) is 9.80. The molecular weight excluding hydrogens is 344 g/mol. The third-order valence-corrected chi connectivity index (χ3v) is 6.67. The highest BCUT2D eigenvalue weighted by Crippen LogP contribution is 2.55. The van der Waals surface area contributed by atoms with Crippen molar-refractivity contribution in [3.63, 3.8) is 0 Å². The predicted octanol–water partition coefficient (Wildman–Crippen LogP) is 2.63. The second-order valence-electron chi connectivity index (χ2n) is 9.33. The molecule has 27 heavy (non-hydrogen) atoms. The van der Waals surface area contributed by atoms with E-state index in [9.17, 15) is 14.7 Å². The lowest BCUT2D eigenvalue weighted by atomic mass is 9.52. The Balaban J connectivity index is 1.44. The van der Waals surface area contributed by atoms with Gasteiger partial charge >= 0.3 is 5.97 Å². The molecule has 5 atom stereocenters. The Hall–Kier alpha value is -2.08. The van der Waals surface area contributed by atoms with Crippen molar-refractivity contribution < 1.29 is 19.8 Å². The molecule has 0 saturated heterocycles. The van der Waals surface area contributed by atoms with Crippen LogP contribution >= 0.6 is 0 Å². The summed E-state index contributed by atoms with van der Waals surface area (Å²) in [6.45, 7) is 3.61. The number of carbonyl (C=O) groups is 2. The zero-order valence-corrected chi connectivity index (χ0v) is 15.9. The average molecular weight is 372 g/mol. The minimum atomic E-state index is -0.993. The summed E-state index contributed by atoms with van der Waals surface area (Å²) in [6, 6.07) is 6.62. The highest BCUT2D eigenvalue weighted by atomic mass is 16.4. The fourth-order valence-electron chi connectivity index (χ4n) is 5.70. The molecule has 1 amide bonds. The number of amides is 1. The third kappa shape index (κ3) is 3.43. The van der Waals surface area contributed by atoms with Gasteiger partial charge in [0.1, 0.15) is 5.54 Å². The summed E-state index contributed by atoms with van der Waals surface area (Å²) >= 11 is 0. The van der Waals surface area contributed by atoms with Crippen molar-refractivity contribution in [3.8, 4) is 0 Å². The number of aliphatic hydroxyl groups is 1. The summed E-state index contributed by atoms with van der Waals surface area (Å²) in [5, 5.41) is 26.3. The van der Waals surface area contributed by atoms with E-state index in [0.29, 0.717) is 23.4 Å².